The lowest BCUT2D eigenvalue weighted by Gasteiger charge is -2.34. The predicted molar refractivity (Wildman–Crippen MR) is 101 cm³/mol. The summed E-state index contributed by atoms with van der Waals surface area (Å²) in [7, 11) is 1.79. The molecule has 0 bridgehead atoms. The van der Waals surface area contributed by atoms with Crippen molar-refractivity contribution in [3.63, 3.8) is 0 Å². The van der Waals surface area contributed by atoms with Crippen LogP contribution in [0.1, 0.15) is 40.3 Å². The number of aromatic nitrogens is 6. The zero-order chi connectivity index (χ0) is 19.1. The molecule has 0 saturated carbocycles. The Kier molecular flexibility index (Phi) is 4.29. The van der Waals surface area contributed by atoms with E-state index in [-0.39, 0.29) is 11.9 Å². The van der Waals surface area contributed by atoms with Gasteiger partial charge in [-0.15, -0.1) is 0 Å². The third-order valence-electron chi connectivity index (χ3n) is 5.24. The minimum absolute atomic E-state index is 0.0637. The van der Waals surface area contributed by atoms with E-state index >= 15 is 0 Å². The van der Waals surface area contributed by atoms with Crippen LogP contribution in [0.15, 0.2) is 12.4 Å². The molecule has 1 saturated heterocycles. The van der Waals surface area contributed by atoms with Crippen LogP contribution in [0.5, 0.6) is 0 Å². The number of rotatable bonds is 3. The van der Waals surface area contributed by atoms with Gasteiger partial charge in [-0.2, -0.15) is 19.7 Å². The van der Waals surface area contributed by atoms with Gasteiger partial charge >= 0.3 is 0 Å². The summed E-state index contributed by atoms with van der Waals surface area (Å²) in [6.07, 6.45) is 3.28. The smallest absolute Gasteiger partial charge is 0.269 e. The van der Waals surface area contributed by atoms with Gasteiger partial charge in [0.2, 0.25) is 0 Å². The van der Waals surface area contributed by atoms with Crippen LogP contribution in [-0.2, 0) is 7.05 Å². The van der Waals surface area contributed by atoms with Crippen molar-refractivity contribution in [3.05, 3.63) is 35.0 Å². The van der Waals surface area contributed by atoms with E-state index in [1.54, 1.807) is 16.2 Å². The van der Waals surface area contributed by atoms with Crippen molar-refractivity contribution < 1.29 is 4.79 Å². The van der Waals surface area contributed by atoms with E-state index in [1.165, 1.54) is 6.33 Å². The van der Waals surface area contributed by atoms with E-state index in [0.29, 0.717) is 11.5 Å². The zero-order valence-electron chi connectivity index (χ0n) is 16.1. The summed E-state index contributed by atoms with van der Waals surface area (Å²) in [5, 5.41) is 11.7. The Balaban J connectivity index is 1.47. The van der Waals surface area contributed by atoms with Gasteiger partial charge in [0.05, 0.1) is 5.69 Å². The fourth-order valence-electron chi connectivity index (χ4n) is 3.70. The quantitative estimate of drug-likeness (QED) is 0.746. The molecule has 0 atom stereocenters. The Hall–Kier alpha value is -2.97. The second-order valence-electron chi connectivity index (χ2n) is 7.15. The molecule has 4 heterocycles. The molecule has 1 amide bonds. The summed E-state index contributed by atoms with van der Waals surface area (Å²) in [6.45, 7) is 7.64. The number of aryl methyl sites for hydroxylation is 3. The maximum absolute atomic E-state index is 12.5. The van der Waals surface area contributed by atoms with E-state index in [9.17, 15) is 4.79 Å². The topological polar surface area (TPSA) is 93.2 Å². The number of amides is 1. The Bertz CT molecular complexity index is 996. The number of hydrogen-bond acceptors (Lipinski definition) is 6. The number of piperidine rings is 1. The normalized spacial score (nSPS) is 15.5. The molecule has 3 aromatic rings. The maximum atomic E-state index is 12.5. The molecule has 1 fully saturated rings. The molecular formula is C18H24N8O. The van der Waals surface area contributed by atoms with Crippen molar-refractivity contribution in [1.29, 1.82) is 0 Å². The van der Waals surface area contributed by atoms with Crippen molar-refractivity contribution in [2.45, 2.75) is 39.7 Å². The second kappa shape index (κ2) is 6.64. The SMILES string of the molecule is Cc1cc(C(=O)NC2CCN(c3c(C)c(C)nc4ncnn34)CC2)n(C)n1. The number of anilines is 1. The van der Waals surface area contributed by atoms with Crippen molar-refractivity contribution >= 4 is 17.5 Å². The number of nitrogens with one attached hydrogen (secondary N) is 1. The van der Waals surface area contributed by atoms with Crippen LogP contribution in [0.2, 0.25) is 0 Å². The van der Waals surface area contributed by atoms with Crippen LogP contribution in [0.4, 0.5) is 5.82 Å². The number of nitrogens with zero attached hydrogens (tertiary/aromatic N) is 7. The summed E-state index contributed by atoms with van der Waals surface area (Å²) in [6, 6.07) is 1.97. The summed E-state index contributed by atoms with van der Waals surface area (Å²) < 4.78 is 3.43. The van der Waals surface area contributed by atoms with Gasteiger partial charge in [0.15, 0.2) is 0 Å². The molecule has 9 nitrogen and oxygen atoms in total. The largest absolute Gasteiger partial charge is 0.356 e. The van der Waals surface area contributed by atoms with Crippen molar-refractivity contribution in [2.75, 3.05) is 18.0 Å². The summed E-state index contributed by atoms with van der Waals surface area (Å²) >= 11 is 0. The van der Waals surface area contributed by atoms with Gasteiger partial charge in [-0.05, 0) is 39.7 Å². The van der Waals surface area contributed by atoms with Gasteiger partial charge in [0.25, 0.3) is 11.7 Å². The molecule has 9 heteroatoms. The molecule has 3 aromatic heterocycles. The molecule has 0 unspecified atom stereocenters. The van der Waals surface area contributed by atoms with Crippen molar-refractivity contribution in [2.24, 2.45) is 7.05 Å². The van der Waals surface area contributed by atoms with Crippen LogP contribution in [-0.4, -0.2) is 54.4 Å². The first-order chi connectivity index (χ1) is 12.9. The minimum Gasteiger partial charge on any atom is -0.356 e. The van der Waals surface area contributed by atoms with Crippen LogP contribution in [0.3, 0.4) is 0 Å². The highest BCUT2D eigenvalue weighted by atomic mass is 16.2. The van der Waals surface area contributed by atoms with Crippen LogP contribution in [0, 0.1) is 20.8 Å². The third kappa shape index (κ3) is 3.13. The first-order valence-corrected chi connectivity index (χ1v) is 9.17. The van der Waals surface area contributed by atoms with Gasteiger partial charge in [0.1, 0.15) is 17.8 Å². The average Bonchev–Trinajstić information content (AvgIpc) is 3.22. The van der Waals surface area contributed by atoms with Crippen molar-refractivity contribution in [3.8, 4) is 0 Å². The molecule has 142 valence electrons. The lowest BCUT2D eigenvalue weighted by Crippen LogP contribution is -2.45. The van der Waals surface area contributed by atoms with Gasteiger partial charge in [-0.1, -0.05) is 0 Å². The number of carbonyl (C=O) groups is 1. The summed E-state index contributed by atoms with van der Waals surface area (Å²) in [5.74, 6) is 1.60. The highest BCUT2D eigenvalue weighted by Gasteiger charge is 2.25. The Morgan fingerprint density at radius 2 is 1.96 bits per heavy atom. The lowest BCUT2D eigenvalue weighted by atomic mass is 10.0. The Morgan fingerprint density at radius 1 is 1.22 bits per heavy atom. The first kappa shape index (κ1) is 17.4. The van der Waals surface area contributed by atoms with E-state index < -0.39 is 0 Å². The van der Waals surface area contributed by atoms with E-state index in [1.807, 2.05) is 19.9 Å². The molecule has 0 spiro atoms. The van der Waals surface area contributed by atoms with Gasteiger partial charge in [-0.3, -0.25) is 9.48 Å². The fourth-order valence-corrected chi connectivity index (χ4v) is 3.70. The van der Waals surface area contributed by atoms with Gasteiger partial charge in [0, 0.05) is 37.4 Å². The standard InChI is InChI=1S/C18H24N8O/c1-11-9-15(24(4)23-11)16(27)22-14-5-7-25(8-6-14)17-12(2)13(3)21-18-19-10-20-26(17)18/h9-10,14H,5-8H2,1-4H3,(H,22,27). The molecule has 4 rings (SSSR count). The molecule has 1 aliphatic rings. The summed E-state index contributed by atoms with van der Waals surface area (Å²) in [4.78, 5) is 23.5. The Morgan fingerprint density at radius 3 is 2.63 bits per heavy atom. The monoisotopic (exact) mass is 368 g/mol. The zero-order valence-corrected chi connectivity index (χ0v) is 16.1. The van der Waals surface area contributed by atoms with Crippen molar-refractivity contribution in [1.82, 2.24) is 34.7 Å². The molecule has 1 N–H and O–H groups in total. The van der Waals surface area contributed by atoms with Crippen LogP contribution < -0.4 is 10.2 Å². The second-order valence-corrected chi connectivity index (χ2v) is 7.15. The van der Waals surface area contributed by atoms with E-state index in [4.69, 9.17) is 0 Å². The molecule has 0 aromatic carbocycles. The lowest BCUT2D eigenvalue weighted by molar-refractivity contribution is 0.0921. The number of hydrogen-bond donors (Lipinski definition) is 1. The number of carbonyl (C=O) groups excluding carboxylic acids is 1. The van der Waals surface area contributed by atoms with Gasteiger partial charge < -0.3 is 10.2 Å². The summed E-state index contributed by atoms with van der Waals surface area (Å²) in [5.41, 5.74) is 3.52. The van der Waals surface area contributed by atoms with Gasteiger partial charge in [-0.25, -0.2) is 4.98 Å². The first-order valence-electron chi connectivity index (χ1n) is 9.17. The van der Waals surface area contributed by atoms with Crippen LogP contribution in [0.25, 0.3) is 5.78 Å². The highest BCUT2D eigenvalue weighted by molar-refractivity contribution is 5.92. The average molecular weight is 368 g/mol. The van der Waals surface area contributed by atoms with E-state index in [0.717, 1.165) is 48.7 Å². The molecule has 0 aliphatic carbocycles. The molecule has 27 heavy (non-hydrogen) atoms. The molecule has 0 radical (unpaired) electrons. The number of fused-ring (bicyclic) bond motifs is 1. The Labute approximate surface area is 157 Å². The highest BCUT2D eigenvalue weighted by Crippen LogP contribution is 2.25. The third-order valence-corrected chi connectivity index (χ3v) is 5.24. The maximum Gasteiger partial charge on any atom is 0.269 e. The predicted octanol–water partition coefficient (Wildman–Crippen LogP) is 1.18. The molecule has 1 aliphatic heterocycles. The van der Waals surface area contributed by atoms with Crippen LogP contribution >= 0.6 is 0 Å². The molecular weight excluding hydrogens is 344 g/mol. The minimum atomic E-state index is -0.0637. The van der Waals surface area contributed by atoms with E-state index in [2.05, 4.69) is 37.3 Å². The fraction of sp³-hybridized carbons (Fsp3) is 0.500.